The standard InChI is InChI=1S/C12H13N3OS/c1-15(7-9-4-6-16-8-9)10-3-2-5-14-11(10)12(13)17/h2-6,8H,7H2,1H3,(H2,13,17). The lowest BCUT2D eigenvalue weighted by Gasteiger charge is -2.20. The second-order valence-corrected chi connectivity index (χ2v) is 4.16. The molecule has 0 aliphatic heterocycles. The van der Waals surface area contributed by atoms with E-state index in [2.05, 4.69) is 4.98 Å². The third-order valence-corrected chi connectivity index (χ3v) is 2.62. The first-order chi connectivity index (χ1) is 8.18. The largest absolute Gasteiger partial charge is 0.472 e. The maximum absolute atomic E-state index is 5.65. The Labute approximate surface area is 105 Å². The van der Waals surface area contributed by atoms with E-state index in [1.54, 1.807) is 18.7 Å². The molecule has 0 unspecified atom stereocenters. The summed E-state index contributed by atoms with van der Waals surface area (Å²) < 4.78 is 5.04. The number of anilines is 1. The molecule has 2 aromatic heterocycles. The predicted octanol–water partition coefficient (Wildman–Crippen LogP) is 1.95. The van der Waals surface area contributed by atoms with Crippen molar-refractivity contribution in [1.29, 1.82) is 0 Å². The van der Waals surface area contributed by atoms with E-state index in [4.69, 9.17) is 22.4 Å². The van der Waals surface area contributed by atoms with E-state index in [-0.39, 0.29) is 0 Å². The van der Waals surface area contributed by atoms with E-state index in [0.717, 1.165) is 17.8 Å². The Kier molecular flexibility index (Phi) is 3.39. The van der Waals surface area contributed by atoms with Gasteiger partial charge in [0.1, 0.15) is 10.7 Å². The fourth-order valence-electron chi connectivity index (χ4n) is 1.64. The average Bonchev–Trinajstić information content (AvgIpc) is 2.81. The van der Waals surface area contributed by atoms with Crippen molar-refractivity contribution in [3.05, 3.63) is 48.2 Å². The molecule has 88 valence electrons. The monoisotopic (exact) mass is 247 g/mol. The molecular weight excluding hydrogens is 234 g/mol. The van der Waals surface area contributed by atoms with Gasteiger partial charge < -0.3 is 15.1 Å². The number of furan rings is 1. The van der Waals surface area contributed by atoms with E-state index in [1.807, 2.05) is 30.1 Å². The Morgan fingerprint density at radius 3 is 3.00 bits per heavy atom. The zero-order chi connectivity index (χ0) is 12.3. The van der Waals surface area contributed by atoms with Crippen LogP contribution in [0.1, 0.15) is 11.3 Å². The van der Waals surface area contributed by atoms with Crippen LogP contribution < -0.4 is 10.6 Å². The maximum Gasteiger partial charge on any atom is 0.124 e. The molecule has 0 fully saturated rings. The van der Waals surface area contributed by atoms with E-state index in [1.165, 1.54) is 0 Å². The summed E-state index contributed by atoms with van der Waals surface area (Å²) in [6, 6.07) is 5.73. The molecule has 0 spiro atoms. The Balaban J connectivity index is 2.24. The fraction of sp³-hybridized carbons (Fsp3) is 0.167. The van der Waals surface area contributed by atoms with Crippen LogP contribution >= 0.6 is 12.2 Å². The molecule has 0 aromatic carbocycles. The SMILES string of the molecule is CN(Cc1ccoc1)c1cccnc1C(N)=S. The number of nitrogens with zero attached hydrogens (tertiary/aromatic N) is 2. The lowest BCUT2D eigenvalue weighted by Crippen LogP contribution is -2.22. The summed E-state index contributed by atoms with van der Waals surface area (Å²) >= 11 is 4.99. The van der Waals surface area contributed by atoms with Gasteiger partial charge in [0.05, 0.1) is 18.2 Å². The van der Waals surface area contributed by atoms with Crippen molar-refractivity contribution in [1.82, 2.24) is 4.98 Å². The van der Waals surface area contributed by atoms with Crippen molar-refractivity contribution < 1.29 is 4.42 Å². The van der Waals surface area contributed by atoms with E-state index in [9.17, 15) is 0 Å². The normalized spacial score (nSPS) is 10.2. The number of thiocarbonyl (C=S) groups is 1. The zero-order valence-electron chi connectivity index (χ0n) is 9.46. The first kappa shape index (κ1) is 11.6. The molecule has 2 aromatic rings. The molecule has 0 saturated heterocycles. The van der Waals surface area contributed by atoms with Crippen LogP contribution in [0.2, 0.25) is 0 Å². The summed E-state index contributed by atoms with van der Waals surface area (Å²) in [4.78, 5) is 6.54. The Morgan fingerprint density at radius 2 is 2.35 bits per heavy atom. The summed E-state index contributed by atoms with van der Waals surface area (Å²) in [6.07, 6.45) is 5.05. The minimum Gasteiger partial charge on any atom is -0.472 e. The van der Waals surface area contributed by atoms with Gasteiger partial charge in [-0.3, -0.25) is 4.98 Å². The van der Waals surface area contributed by atoms with E-state index in [0.29, 0.717) is 10.7 Å². The molecule has 17 heavy (non-hydrogen) atoms. The van der Waals surface area contributed by atoms with Crippen molar-refractivity contribution in [3.63, 3.8) is 0 Å². The van der Waals surface area contributed by atoms with Crippen LogP contribution in [0, 0.1) is 0 Å². The van der Waals surface area contributed by atoms with Gasteiger partial charge in [-0.15, -0.1) is 0 Å². The number of pyridine rings is 1. The molecule has 5 heteroatoms. The number of aromatic nitrogens is 1. The predicted molar refractivity (Wildman–Crippen MR) is 70.9 cm³/mol. The number of hydrogen-bond acceptors (Lipinski definition) is 4. The number of rotatable bonds is 4. The second kappa shape index (κ2) is 4.97. The Hall–Kier alpha value is -1.88. The molecule has 4 nitrogen and oxygen atoms in total. The molecule has 0 aliphatic carbocycles. The topological polar surface area (TPSA) is 55.3 Å². The van der Waals surface area contributed by atoms with Crippen LogP contribution in [0.25, 0.3) is 0 Å². The highest BCUT2D eigenvalue weighted by atomic mass is 32.1. The Morgan fingerprint density at radius 1 is 1.53 bits per heavy atom. The van der Waals surface area contributed by atoms with Crippen LogP contribution in [-0.4, -0.2) is 17.0 Å². The second-order valence-electron chi connectivity index (χ2n) is 3.72. The third kappa shape index (κ3) is 2.62. The van der Waals surface area contributed by atoms with Gasteiger partial charge in [-0.1, -0.05) is 12.2 Å². The molecule has 0 amide bonds. The van der Waals surface area contributed by atoms with Gasteiger partial charge in [0.25, 0.3) is 0 Å². The average molecular weight is 247 g/mol. The van der Waals surface area contributed by atoms with Crippen molar-refractivity contribution in [3.8, 4) is 0 Å². The zero-order valence-corrected chi connectivity index (χ0v) is 10.3. The quantitative estimate of drug-likeness (QED) is 0.837. The van der Waals surface area contributed by atoms with Gasteiger partial charge in [0.2, 0.25) is 0 Å². The van der Waals surface area contributed by atoms with E-state index >= 15 is 0 Å². The molecule has 0 aliphatic rings. The summed E-state index contributed by atoms with van der Waals surface area (Å²) in [7, 11) is 1.96. The van der Waals surface area contributed by atoms with Crippen LogP contribution in [0.5, 0.6) is 0 Å². The molecule has 0 radical (unpaired) electrons. The van der Waals surface area contributed by atoms with Gasteiger partial charge in [-0.2, -0.15) is 0 Å². The van der Waals surface area contributed by atoms with Crippen LogP contribution in [0.15, 0.2) is 41.3 Å². The smallest absolute Gasteiger partial charge is 0.124 e. The lowest BCUT2D eigenvalue weighted by molar-refractivity contribution is 0.563. The third-order valence-electron chi connectivity index (χ3n) is 2.43. The molecule has 0 atom stereocenters. The first-order valence-corrected chi connectivity index (χ1v) is 5.56. The highest BCUT2D eigenvalue weighted by molar-refractivity contribution is 7.80. The fourth-order valence-corrected chi connectivity index (χ4v) is 1.79. The minimum atomic E-state index is 0.305. The molecule has 0 bridgehead atoms. The van der Waals surface area contributed by atoms with Crippen molar-refractivity contribution in [2.75, 3.05) is 11.9 Å². The van der Waals surface area contributed by atoms with Crippen molar-refractivity contribution in [2.45, 2.75) is 6.54 Å². The molecule has 2 heterocycles. The highest BCUT2D eigenvalue weighted by Gasteiger charge is 2.11. The number of hydrogen-bond donors (Lipinski definition) is 1. The van der Waals surface area contributed by atoms with Gasteiger partial charge in [0, 0.05) is 25.4 Å². The maximum atomic E-state index is 5.65. The summed E-state index contributed by atoms with van der Waals surface area (Å²) in [6.45, 7) is 0.720. The molecule has 0 saturated carbocycles. The van der Waals surface area contributed by atoms with Crippen molar-refractivity contribution >= 4 is 22.9 Å². The van der Waals surface area contributed by atoms with Gasteiger partial charge in [-0.05, 0) is 18.2 Å². The van der Waals surface area contributed by atoms with E-state index < -0.39 is 0 Å². The molecular formula is C12H13N3OS. The molecule has 2 N–H and O–H groups in total. The molecule has 2 rings (SSSR count). The van der Waals surface area contributed by atoms with Gasteiger partial charge >= 0.3 is 0 Å². The van der Waals surface area contributed by atoms with Crippen LogP contribution in [0.3, 0.4) is 0 Å². The summed E-state index contributed by atoms with van der Waals surface area (Å²) in [5.74, 6) is 0. The van der Waals surface area contributed by atoms with Crippen LogP contribution in [-0.2, 0) is 6.54 Å². The van der Waals surface area contributed by atoms with Gasteiger partial charge in [0.15, 0.2) is 0 Å². The van der Waals surface area contributed by atoms with Gasteiger partial charge in [-0.25, -0.2) is 0 Å². The number of nitrogens with two attached hydrogens (primary N) is 1. The lowest BCUT2D eigenvalue weighted by atomic mass is 10.2. The first-order valence-electron chi connectivity index (χ1n) is 5.15. The Bertz CT molecular complexity index is 510. The minimum absolute atomic E-state index is 0.305. The highest BCUT2D eigenvalue weighted by Crippen LogP contribution is 2.19. The summed E-state index contributed by atoms with van der Waals surface area (Å²) in [5.41, 5.74) is 8.30. The summed E-state index contributed by atoms with van der Waals surface area (Å²) in [5, 5.41) is 0. The van der Waals surface area contributed by atoms with Crippen LogP contribution in [0.4, 0.5) is 5.69 Å². The van der Waals surface area contributed by atoms with Crippen molar-refractivity contribution in [2.24, 2.45) is 5.73 Å².